The van der Waals surface area contributed by atoms with E-state index < -0.39 is 5.54 Å². The standard InChI is InChI=1S/C10H11BrN4O/c1-10(2,12)9-14-8(16-15-9)7-4-3-6(11)5-13-7/h3-5H,12H2,1-2H3. The lowest BCUT2D eigenvalue weighted by Crippen LogP contribution is -2.30. The van der Waals surface area contributed by atoms with Crippen molar-refractivity contribution >= 4 is 15.9 Å². The molecule has 0 unspecified atom stereocenters. The van der Waals surface area contributed by atoms with Gasteiger partial charge in [-0.2, -0.15) is 4.98 Å². The Morgan fingerprint density at radius 1 is 1.38 bits per heavy atom. The van der Waals surface area contributed by atoms with Crippen molar-refractivity contribution in [2.75, 3.05) is 0 Å². The van der Waals surface area contributed by atoms with E-state index in [1.807, 2.05) is 19.9 Å². The molecule has 0 bridgehead atoms. The van der Waals surface area contributed by atoms with Crippen LogP contribution in [0.5, 0.6) is 0 Å². The van der Waals surface area contributed by atoms with Crippen LogP contribution in [0.4, 0.5) is 0 Å². The Kier molecular flexibility index (Phi) is 2.77. The molecule has 0 aliphatic carbocycles. The molecule has 84 valence electrons. The zero-order valence-corrected chi connectivity index (χ0v) is 10.5. The average Bonchev–Trinajstić information content (AvgIpc) is 2.67. The number of rotatable bonds is 2. The second-order valence-corrected chi connectivity index (χ2v) is 4.92. The summed E-state index contributed by atoms with van der Waals surface area (Å²) in [4.78, 5) is 8.36. The highest BCUT2D eigenvalue weighted by Crippen LogP contribution is 2.20. The van der Waals surface area contributed by atoms with Gasteiger partial charge in [-0.05, 0) is 41.9 Å². The van der Waals surface area contributed by atoms with Gasteiger partial charge in [0.1, 0.15) is 5.69 Å². The summed E-state index contributed by atoms with van der Waals surface area (Å²) in [5.74, 6) is 0.841. The maximum absolute atomic E-state index is 5.86. The third kappa shape index (κ3) is 2.28. The van der Waals surface area contributed by atoms with Crippen molar-refractivity contribution in [3.05, 3.63) is 28.6 Å². The SMILES string of the molecule is CC(C)(N)c1noc(-c2ccc(Br)cn2)n1. The van der Waals surface area contributed by atoms with Crippen LogP contribution in [0.3, 0.4) is 0 Å². The molecular formula is C10H11BrN4O. The van der Waals surface area contributed by atoms with Gasteiger partial charge in [-0.15, -0.1) is 0 Å². The van der Waals surface area contributed by atoms with E-state index in [0.717, 1.165) is 4.47 Å². The van der Waals surface area contributed by atoms with Crippen molar-refractivity contribution in [2.24, 2.45) is 5.73 Å². The van der Waals surface area contributed by atoms with Gasteiger partial charge in [0, 0.05) is 10.7 Å². The second kappa shape index (κ2) is 3.95. The van der Waals surface area contributed by atoms with Crippen LogP contribution in [0.1, 0.15) is 19.7 Å². The second-order valence-electron chi connectivity index (χ2n) is 4.01. The molecule has 0 amide bonds. The maximum atomic E-state index is 5.86. The number of nitrogens with zero attached hydrogens (tertiary/aromatic N) is 3. The van der Waals surface area contributed by atoms with Crippen molar-refractivity contribution in [3.63, 3.8) is 0 Å². The molecule has 0 fully saturated rings. The Morgan fingerprint density at radius 2 is 2.12 bits per heavy atom. The summed E-state index contributed by atoms with van der Waals surface area (Å²) >= 11 is 3.31. The van der Waals surface area contributed by atoms with Gasteiger partial charge in [-0.3, -0.25) is 0 Å². The van der Waals surface area contributed by atoms with Gasteiger partial charge in [-0.25, -0.2) is 4.98 Å². The Labute approximate surface area is 101 Å². The number of nitrogens with two attached hydrogens (primary N) is 1. The molecule has 0 spiro atoms. The first-order chi connectivity index (χ1) is 7.47. The smallest absolute Gasteiger partial charge is 0.276 e. The van der Waals surface area contributed by atoms with E-state index in [1.165, 1.54) is 0 Å². The highest BCUT2D eigenvalue weighted by molar-refractivity contribution is 9.10. The Bertz CT molecular complexity index is 486. The quantitative estimate of drug-likeness (QED) is 0.913. The normalized spacial score (nSPS) is 11.8. The number of aromatic nitrogens is 3. The van der Waals surface area contributed by atoms with Crippen LogP contribution in [0.25, 0.3) is 11.6 Å². The molecule has 0 radical (unpaired) electrons. The molecule has 0 aliphatic heterocycles. The van der Waals surface area contributed by atoms with Gasteiger partial charge >= 0.3 is 0 Å². The summed E-state index contributed by atoms with van der Waals surface area (Å²) in [6.07, 6.45) is 1.67. The molecule has 2 aromatic rings. The molecule has 0 saturated carbocycles. The van der Waals surface area contributed by atoms with Crippen molar-refractivity contribution in [1.29, 1.82) is 0 Å². The lowest BCUT2D eigenvalue weighted by molar-refractivity contribution is 0.396. The maximum Gasteiger partial charge on any atom is 0.276 e. The lowest BCUT2D eigenvalue weighted by Gasteiger charge is -2.11. The molecule has 2 heterocycles. The minimum atomic E-state index is -0.614. The molecule has 5 nitrogen and oxygen atoms in total. The van der Waals surface area contributed by atoms with Crippen LogP contribution < -0.4 is 5.73 Å². The van der Waals surface area contributed by atoms with Crippen LogP contribution in [-0.4, -0.2) is 15.1 Å². The van der Waals surface area contributed by atoms with E-state index >= 15 is 0 Å². The first kappa shape index (κ1) is 11.2. The Morgan fingerprint density at radius 3 is 2.62 bits per heavy atom. The predicted molar refractivity (Wildman–Crippen MR) is 62.4 cm³/mol. The van der Waals surface area contributed by atoms with Crippen LogP contribution in [0.15, 0.2) is 27.3 Å². The molecule has 6 heteroatoms. The van der Waals surface area contributed by atoms with Gasteiger partial charge in [0.15, 0.2) is 5.82 Å². The summed E-state index contributed by atoms with van der Waals surface area (Å²) in [7, 11) is 0. The zero-order chi connectivity index (χ0) is 11.8. The molecule has 2 N–H and O–H groups in total. The van der Waals surface area contributed by atoms with Crippen molar-refractivity contribution in [1.82, 2.24) is 15.1 Å². The third-order valence-electron chi connectivity index (χ3n) is 1.95. The third-order valence-corrected chi connectivity index (χ3v) is 2.42. The Balaban J connectivity index is 2.35. The molecule has 2 aromatic heterocycles. The fourth-order valence-corrected chi connectivity index (χ4v) is 1.33. The first-order valence-corrected chi connectivity index (χ1v) is 5.51. The van der Waals surface area contributed by atoms with Crippen LogP contribution >= 0.6 is 15.9 Å². The number of hydrogen-bond acceptors (Lipinski definition) is 5. The van der Waals surface area contributed by atoms with E-state index in [0.29, 0.717) is 17.4 Å². The van der Waals surface area contributed by atoms with E-state index in [1.54, 1.807) is 12.3 Å². The van der Waals surface area contributed by atoms with Gasteiger partial charge in [-0.1, -0.05) is 5.16 Å². The summed E-state index contributed by atoms with van der Waals surface area (Å²) in [6, 6.07) is 3.66. The van der Waals surface area contributed by atoms with Crippen molar-refractivity contribution in [3.8, 4) is 11.6 Å². The molecular weight excluding hydrogens is 272 g/mol. The summed E-state index contributed by atoms with van der Waals surface area (Å²) in [5.41, 5.74) is 5.88. The number of pyridine rings is 1. The molecule has 0 aromatic carbocycles. The summed E-state index contributed by atoms with van der Waals surface area (Å²) < 4.78 is 6.00. The highest BCUT2D eigenvalue weighted by Gasteiger charge is 2.22. The minimum Gasteiger partial charge on any atom is -0.332 e. The van der Waals surface area contributed by atoms with Gasteiger partial charge in [0.05, 0.1) is 5.54 Å². The Hall–Kier alpha value is -1.27. The molecule has 2 rings (SSSR count). The fraction of sp³-hybridized carbons (Fsp3) is 0.300. The monoisotopic (exact) mass is 282 g/mol. The van der Waals surface area contributed by atoms with Gasteiger partial charge in [0.2, 0.25) is 0 Å². The molecule has 0 aliphatic rings. The lowest BCUT2D eigenvalue weighted by atomic mass is 10.1. The van der Waals surface area contributed by atoms with Crippen LogP contribution in [0, 0.1) is 0 Å². The van der Waals surface area contributed by atoms with Gasteiger partial charge in [0.25, 0.3) is 5.89 Å². The van der Waals surface area contributed by atoms with E-state index in [2.05, 4.69) is 31.1 Å². The number of hydrogen-bond donors (Lipinski definition) is 1. The van der Waals surface area contributed by atoms with Crippen LogP contribution in [-0.2, 0) is 5.54 Å². The van der Waals surface area contributed by atoms with E-state index in [-0.39, 0.29) is 0 Å². The minimum absolute atomic E-state index is 0.376. The zero-order valence-electron chi connectivity index (χ0n) is 8.94. The first-order valence-electron chi connectivity index (χ1n) is 4.72. The van der Waals surface area contributed by atoms with E-state index in [4.69, 9.17) is 10.3 Å². The topological polar surface area (TPSA) is 77.8 Å². The molecule has 16 heavy (non-hydrogen) atoms. The van der Waals surface area contributed by atoms with Crippen LogP contribution in [0.2, 0.25) is 0 Å². The average molecular weight is 283 g/mol. The summed E-state index contributed by atoms with van der Waals surface area (Å²) in [6.45, 7) is 3.63. The number of halogens is 1. The van der Waals surface area contributed by atoms with Crippen molar-refractivity contribution in [2.45, 2.75) is 19.4 Å². The fourth-order valence-electron chi connectivity index (χ4n) is 1.09. The molecule has 0 saturated heterocycles. The summed E-state index contributed by atoms with van der Waals surface area (Å²) in [5, 5.41) is 3.82. The van der Waals surface area contributed by atoms with Gasteiger partial charge < -0.3 is 10.3 Å². The largest absolute Gasteiger partial charge is 0.332 e. The van der Waals surface area contributed by atoms with E-state index in [9.17, 15) is 0 Å². The predicted octanol–water partition coefficient (Wildman–Crippen LogP) is 2.09. The van der Waals surface area contributed by atoms with Crippen molar-refractivity contribution < 1.29 is 4.52 Å². The molecule has 0 atom stereocenters. The highest BCUT2D eigenvalue weighted by atomic mass is 79.9.